The van der Waals surface area contributed by atoms with Crippen molar-refractivity contribution >= 4 is 5.78 Å². The van der Waals surface area contributed by atoms with Crippen molar-refractivity contribution in [2.45, 2.75) is 45.8 Å². The number of ketones is 1. The molecule has 1 aromatic rings. The van der Waals surface area contributed by atoms with Crippen LogP contribution in [0, 0.1) is 0 Å². The third-order valence-corrected chi connectivity index (χ3v) is 2.49. The molecule has 0 radical (unpaired) electrons. The Kier molecular flexibility index (Phi) is 5.16. The van der Waals surface area contributed by atoms with Gasteiger partial charge in [0.25, 0.3) is 0 Å². The summed E-state index contributed by atoms with van der Waals surface area (Å²) in [5, 5.41) is 0. The number of carbonyl (C=O) groups is 1. The zero-order valence-corrected chi connectivity index (χ0v) is 10.8. The first-order valence-corrected chi connectivity index (χ1v) is 6.00. The minimum Gasteiger partial charge on any atom is -0.491 e. The maximum atomic E-state index is 10.9. The largest absolute Gasteiger partial charge is 0.491 e. The van der Waals surface area contributed by atoms with Gasteiger partial charge in [-0.2, -0.15) is 0 Å². The number of rotatable bonds is 6. The maximum Gasteiger partial charge on any atom is 0.129 e. The standard InChI is InChI=1S/C14H21NO2/c1-10(2)17-13-7-5-12(6-8-13)14(15)9-4-11(3)16/h5-8,10,14H,4,9,15H2,1-3H3. The first-order chi connectivity index (χ1) is 7.99. The van der Waals surface area contributed by atoms with E-state index in [2.05, 4.69) is 0 Å². The van der Waals surface area contributed by atoms with Crippen LogP contribution in [-0.2, 0) is 4.79 Å². The fraction of sp³-hybridized carbons (Fsp3) is 0.500. The quantitative estimate of drug-likeness (QED) is 0.824. The Bertz CT molecular complexity index is 357. The summed E-state index contributed by atoms with van der Waals surface area (Å²) in [6.45, 7) is 5.57. The summed E-state index contributed by atoms with van der Waals surface area (Å²) in [6.07, 6.45) is 1.40. The Morgan fingerprint density at radius 1 is 1.29 bits per heavy atom. The van der Waals surface area contributed by atoms with Crippen LogP contribution in [0.25, 0.3) is 0 Å². The average molecular weight is 235 g/mol. The summed E-state index contributed by atoms with van der Waals surface area (Å²) in [7, 11) is 0. The molecule has 1 aromatic carbocycles. The lowest BCUT2D eigenvalue weighted by Gasteiger charge is -2.13. The monoisotopic (exact) mass is 235 g/mol. The van der Waals surface area contributed by atoms with Crippen LogP contribution in [0.1, 0.15) is 45.2 Å². The molecule has 0 aliphatic heterocycles. The van der Waals surface area contributed by atoms with Crippen LogP contribution in [0.4, 0.5) is 0 Å². The minimum atomic E-state index is -0.0769. The van der Waals surface area contributed by atoms with Gasteiger partial charge >= 0.3 is 0 Å². The fourth-order valence-corrected chi connectivity index (χ4v) is 1.59. The Balaban J connectivity index is 2.57. The Labute approximate surface area is 103 Å². The van der Waals surface area contributed by atoms with E-state index in [-0.39, 0.29) is 17.9 Å². The number of ether oxygens (including phenoxy) is 1. The molecule has 0 saturated heterocycles. The van der Waals surface area contributed by atoms with Crippen LogP contribution in [-0.4, -0.2) is 11.9 Å². The van der Waals surface area contributed by atoms with Crippen molar-refractivity contribution in [1.82, 2.24) is 0 Å². The number of hydrogen-bond acceptors (Lipinski definition) is 3. The predicted molar refractivity (Wildman–Crippen MR) is 69.0 cm³/mol. The zero-order chi connectivity index (χ0) is 12.8. The number of carbonyl (C=O) groups excluding carboxylic acids is 1. The summed E-state index contributed by atoms with van der Waals surface area (Å²) >= 11 is 0. The minimum absolute atomic E-state index is 0.0769. The van der Waals surface area contributed by atoms with Crippen LogP contribution in [0.2, 0.25) is 0 Å². The third kappa shape index (κ3) is 5.00. The van der Waals surface area contributed by atoms with Crippen molar-refractivity contribution < 1.29 is 9.53 Å². The molecular formula is C14H21NO2. The molecule has 1 unspecified atom stereocenters. The van der Waals surface area contributed by atoms with E-state index >= 15 is 0 Å². The molecule has 0 saturated carbocycles. The summed E-state index contributed by atoms with van der Waals surface area (Å²) in [6, 6.07) is 7.68. The maximum absolute atomic E-state index is 10.9. The second-order valence-corrected chi connectivity index (χ2v) is 4.58. The highest BCUT2D eigenvalue weighted by atomic mass is 16.5. The Morgan fingerprint density at radius 3 is 2.35 bits per heavy atom. The van der Waals surface area contributed by atoms with Gasteiger partial charge in [-0.1, -0.05) is 12.1 Å². The summed E-state index contributed by atoms with van der Waals surface area (Å²) < 4.78 is 5.55. The number of benzene rings is 1. The zero-order valence-electron chi connectivity index (χ0n) is 10.8. The van der Waals surface area contributed by atoms with Crippen LogP contribution in [0.15, 0.2) is 24.3 Å². The molecule has 3 nitrogen and oxygen atoms in total. The fourth-order valence-electron chi connectivity index (χ4n) is 1.59. The van der Waals surface area contributed by atoms with Gasteiger partial charge in [0, 0.05) is 12.5 Å². The normalized spacial score (nSPS) is 12.5. The molecule has 1 atom stereocenters. The highest BCUT2D eigenvalue weighted by Gasteiger charge is 2.07. The van der Waals surface area contributed by atoms with Crippen LogP contribution in [0.5, 0.6) is 5.75 Å². The lowest BCUT2D eigenvalue weighted by atomic mass is 10.0. The van der Waals surface area contributed by atoms with Gasteiger partial charge in [-0.3, -0.25) is 0 Å². The average Bonchev–Trinajstić information content (AvgIpc) is 2.26. The van der Waals surface area contributed by atoms with Crippen molar-refractivity contribution in [1.29, 1.82) is 0 Å². The molecule has 1 rings (SSSR count). The smallest absolute Gasteiger partial charge is 0.129 e. The molecule has 94 valence electrons. The number of Topliss-reactive ketones (excluding diaryl/α,β-unsaturated/α-hetero) is 1. The molecule has 0 spiro atoms. The van der Waals surface area contributed by atoms with Gasteiger partial charge in [-0.05, 0) is 44.9 Å². The third-order valence-electron chi connectivity index (χ3n) is 2.49. The predicted octanol–water partition coefficient (Wildman–Crippen LogP) is 2.84. The van der Waals surface area contributed by atoms with E-state index in [4.69, 9.17) is 10.5 Å². The van der Waals surface area contributed by atoms with Gasteiger partial charge in [0.1, 0.15) is 11.5 Å². The molecule has 0 amide bonds. The van der Waals surface area contributed by atoms with Crippen molar-refractivity contribution in [3.05, 3.63) is 29.8 Å². The van der Waals surface area contributed by atoms with E-state index in [0.29, 0.717) is 12.8 Å². The van der Waals surface area contributed by atoms with Crippen LogP contribution in [0.3, 0.4) is 0 Å². The highest BCUT2D eigenvalue weighted by Crippen LogP contribution is 2.20. The van der Waals surface area contributed by atoms with E-state index in [9.17, 15) is 4.79 Å². The van der Waals surface area contributed by atoms with E-state index in [1.54, 1.807) is 6.92 Å². The molecule has 3 heteroatoms. The summed E-state index contributed by atoms with van der Waals surface area (Å²) in [5.41, 5.74) is 7.05. The van der Waals surface area contributed by atoms with Crippen molar-refractivity contribution in [3.63, 3.8) is 0 Å². The molecule has 0 aliphatic carbocycles. The first kappa shape index (κ1) is 13.7. The topological polar surface area (TPSA) is 52.3 Å². The van der Waals surface area contributed by atoms with Gasteiger partial charge in [0.05, 0.1) is 6.10 Å². The van der Waals surface area contributed by atoms with E-state index in [1.165, 1.54) is 0 Å². The molecule has 17 heavy (non-hydrogen) atoms. The van der Waals surface area contributed by atoms with Crippen LogP contribution >= 0.6 is 0 Å². The SMILES string of the molecule is CC(=O)CCC(N)c1ccc(OC(C)C)cc1. The van der Waals surface area contributed by atoms with E-state index < -0.39 is 0 Å². The van der Waals surface area contributed by atoms with Gasteiger partial charge in [-0.15, -0.1) is 0 Å². The van der Waals surface area contributed by atoms with Gasteiger partial charge in [0.2, 0.25) is 0 Å². The van der Waals surface area contributed by atoms with Gasteiger partial charge in [-0.25, -0.2) is 0 Å². The molecule has 0 fully saturated rings. The highest BCUT2D eigenvalue weighted by molar-refractivity contribution is 5.75. The van der Waals surface area contributed by atoms with E-state index in [1.807, 2.05) is 38.1 Å². The summed E-state index contributed by atoms with van der Waals surface area (Å²) in [5.74, 6) is 1.03. The van der Waals surface area contributed by atoms with Crippen molar-refractivity contribution in [2.24, 2.45) is 5.73 Å². The number of nitrogens with two attached hydrogens (primary N) is 1. The lowest BCUT2D eigenvalue weighted by Crippen LogP contribution is -2.12. The van der Waals surface area contributed by atoms with Crippen molar-refractivity contribution in [3.8, 4) is 5.75 Å². The molecule has 0 heterocycles. The first-order valence-electron chi connectivity index (χ1n) is 6.00. The molecule has 0 aromatic heterocycles. The second-order valence-electron chi connectivity index (χ2n) is 4.58. The van der Waals surface area contributed by atoms with Crippen molar-refractivity contribution in [2.75, 3.05) is 0 Å². The second kappa shape index (κ2) is 6.40. The van der Waals surface area contributed by atoms with Gasteiger partial charge < -0.3 is 15.3 Å². The number of hydrogen-bond donors (Lipinski definition) is 1. The molecule has 2 N–H and O–H groups in total. The molecular weight excluding hydrogens is 214 g/mol. The van der Waals surface area contributed by atoms with Crippen LogP contribution < -0.4 is 10.5 Å². The molecule has 0 bridgehead atoms. The lowest BCUT2D eigenvalue weighted by molar-refractivity contribution is -0.117. The Hall–Kier alpha value is -1.35. The van der Waals surface area contributed by atoms with Gasteiger partial charge in [0.15, 0.2) is 0 Å². The summed E-state index contributed by atoms with van der Waals surface area (Å²) in [4.78, 5) is 10.9. The Morgan fingerprint density at radius 2 is 1.88 bits per heavy atom. The van der Waals surface area contributed by atoms with E-state index in [0.717, 1.165) is 11.3 Å². The molecule has 0 aliphatic rings.